The molecule has 2 atom stereocenters. The van der Waals surface area contributed by atoms with Crippen LogP contribution >= 0.6 is 11.6 Å². The Bertz CT molecular complexity index is 1310. The van der Waals surface area contributed by atoms with Gasteiger partial charge in [0.1, 0.15) is 11.9 Å². The first-order valence-corrected chi connectivity index (χ1v) is 13.0. The van der Waals surface area contributed by atoms with E-state index in [9.17, 15) is 19.5 Å². The molecule has 4 rings (SSSR count). The number of pyridine rings is 1. The van der Waals surface area contributed by atoms with Crippen molar-refractivity contribution in [2.24, 2.45) is 5.92 Å². The zero-order valence-corrected chi connectivity index (χ0v) is 22.2. The van der Waals surface area contributed by atoms with E-state index in [-0.39, 0.29) is 18.2 Å². The topological polar surface area (TPSA) is 112 Å². The number of aliphatic carboxylic acids is 1. The van der Waals surface area contributed by atoms with Gasteiger partial charge in [0.05, 0.1) is 0 Å². The SMILES string of the molecule is CCc1cc(Cl)cc(C)c1C(=O)NC(Cc1ccc(N2CC(CNc3ccccn3)CC2=O)cc1)C(=O)O. The number of benzene rings is 2. The maximum absolute atomic E-state index is 13.0. The summed E-state index contributed by atoms with van der Waals surface area (Å²) in [5, 5.41) is 16.3. The average Bonchev–Trinajstić information content (AvgIpc) is 3.27. The number of aromatic nitrogens is 1. The average molecular weight is 535 g/mol. The van der Waals surface area contributed by atoms with Gasteiger partial charge in [-0.1, -0.05) is 36.7 Å². The fourth-order valence-electron chi connectivity index (χ4n) is 4.78. The van der Waals surface area contributed by atoms with E-state index < -0.39 is 17.9 Å². The van der Waals surface area contributed by atoms with Gasteiger partial charge in [-0.3, -0.25) is 9.59 Å². The molecule has 0 spiro atoms. The standard InChI is InChI=1S/C29H31ClN4O4/c1-3-21-15-22(30)12-18(2)27(21)28(36)33-24(29(37)38)13-19-7-9-23(10-8-19)34-17-20(14-26(34)35)16-32-25-6-4-5-11-31-25/h4-12,15,20,24H,3,13-14,16-17H2,1-2H3,(H,31,32)(H,33,36)(H,37,38). The summed E-state index contributed by atoms with van der Waals surface area (Å²) in [6.07, 6.45) is 2.87. The highest BCUT2D eigenvalue weighted by atomic mass is 35.5. The molecule has 38 heavy (non-hydrogen) atoms. The van der Waals surface area contributed by atoms with Crippen molar-refractivity contribution in [3.8, 4) is 0 Å². The lowest BCUT2D eigenvalue weighted by molar-refractivity contribution is -0.139. The number of halogens is 1. The molecule has 2 amide bonds. The van der Waals surface area contributed by atoms with Crippen molar-refractivity contribution < 1.29 is 19.5 Å². The highest BCUT2D eigenvalue weighted by molar-refractivity contribution is 6.30. The summed E-state index contributed by atoms with van der Waals surface area (Å²) < 4.78 is 0. The van der Waals surface area contributed by atoms with Gasteiger partial charge in [0.15, 0.2) is 0 Å². The van der Waals surface area contributed by atoms with Gasteiger partial charge in [-0.25, -0.2) is 9.78 Å². The Morgan fingerprint density at radius 2 is 1.95 bits per heavy atom. The van der Waals surface area contributed by atoms with Crippen LogP contribution in [0.4, 0.5) is 11.5 Å². The summed E-state index contributed by atoms with van der Waals surface area (Å²) in [5.41, 5.74) is 3.43. The number of anilines is 2. The summed E-state index contributed by atoms with van der Waals surface area (Å²) in [4.78, 5) is 43.7. The van der Waals surface area contributed by atoms with Gasteiger partial charge in [0.25, 0.3) is 5.91 Å². The number of carbonyl (C=O) groups is 3. The Morgan fingerprint density at radius 3 is 2.61 bits per heavy atom. The summed E-state index contributed by atoms with van der Waals surface area (Å²) in [5.74, 6) is -0.579. The summed E-state index contributed by atoms with van der Waals surface area (Å²) in [6.45, 7) is 4.94. The molecule has 1 saturated heterocycles. The number of nitrogens with one attached hydrogen (secondary N) is 2. The first kappa shape index (κ1) is 27.1. The molecule has 0 aliphatic carbocycles. The van der Waals surface area contributed by atoms with Crippen molar-refractivity contribution in [1.82, 2.24) is 10.3 Å². The Hall–Kier alpha value is -3.91. The van der Waals surface area contributed by atoms with Crippen LogP contribution in [0.25, 0.3) is 0 Å². The molecule has 0 radical (unpaired) electrons. The molecule has 3 aromatic rings. The van der Waals surface area contributed by atoms with E-state index in [1.165, 1.54) is 0 Å². The van der Waals surface area contributed by atoms with E-state index in [1.54, 1.807) is 42.3 Å². The zero-order valence-electron chi connectivity index (χ0n) is 21.4. The predicted octanol–water partition coefficient (Wildman–Crippen LogP) is 4.50. The Balaban J connectivity index is 1.39. The summed E-state index contributed by atoms with van der Waals surface area (Å²) in [6, 6.07) is 15.2. The molecule has 9 heteroatoms. The monoisotopic (exact) mass is 534 g/mol. The number of aryl methyl sites for hydroxylation is 2. The molecule has 3 N–H and O–H groups in total. The quantitative estimate of drug-likeness (QED) is 0.353. The van der Waals surface area contributed by atoms with Crippen LogP contribution in [0.2, 0.25) is 5.02 Å². The van der Waals surface area contributed by atoms with Gasteiger partial charge in [0, 0.05) is 54.3 Å². The number of hydrogen-bond donors (Lipinski definition) is 3. The fourth-order valence-corrected chi connectivity index (χ4v) is 5.07. The number of amides is 2. The maximum atomic E-state index is 13.0. The van der Waals surface area contributed by atoms with Crippen LogP contribution < -0.4 is 15.5 Å². The minimum absolute atomic E-state index is 0.0475. The van der Waals surface area contributed by atoms with Crippen LogP contribution in [0.3, 0.4) is 0 Å². The van der Waals surface area contributed by atoms with E-state index in [1.807, 2.05) is 37.3 Å². The van der Waals surface area contributed by atoms with Crippen molar-refractivity contribution in [2.75, 3.05) is 23.3 Å². The van der Waals surface area contributed by atoms with E-state index >= 15 is 0 Å². The first-order valence-electron chi connectivity index (χ1n) is 12.6. The van der Waals surface area contributed by atoms with Gasteiger partial charge in [0.2, 0.25) is 5.91 Å². The molecule has 0 bridgehead atoms. The second-order valence-corrected chi connectivity index (χ2v) is 9.95. The van der Waals surface area contributed by atoms with Gasteiger partial charge >= 0.3 is 5.97 Å². The largest absolute Gasteiger partial charge is 0.480 e. The molecule has 1 aliphatic heterocycles. The van der Waals surface area contributed by atoms with E-state index in [0.29, 0.717) is 42.1 Å². The minimum atomic E-state index is -1.12. The number of hydrogen-bond acceptors (Lipinski definition) is 5. The van der Waals surface area contributed by atoms with Gasteiger partial charge in [-0.05, 0) is 66.4 Å². The normalized spacial score (nSPS) is 15.8. The van der Waals surface area contributed by atoms with Crippen molar-refractivity contribution >= 4 is 40.9 Å². The maximum Gasteiger partial charge on any atom is 0.326 e. The molecule has 0 saturated carbocycles. The van der Waals surface area contributed by atoms with Crippen LogP contribution in [0.15, 0.2) is 60.8 Å². The lowest BCUT2D eigenvalue weighted by atomic mass is 9.98. The highest BCUT2D eigenvalue weighted by Crippen LogP contribution is 2.26. The number of carboxylic acid groups (broad SMARTS) is 1. The molecule has 2 unspecified atom stereocenters. The van der Waals surface area contributed by atoms with Gasteiger partial charge in [-0.15, -0.1) is 0 Å². The number of carbonyl (C=O) groups excluding carboxylic acids is 2. The number of carboxylic acids is 1. The van der Waals surface area contributed by atoms with Crippen molar-refractivity contribution in [3.63, 3.8) is 0 Å². The smallest absolute Gasteiger partial charge is 0.326 e. The molecular formula is C29H31ClN4O4. The molecule has 1 fully saturated rings. The third kappa shape index (κ3) is 6.50. The molecular weight excluding hydrogens is 504 g/mol. The summed E-state index contributed by atoms with van der Waals surface area (Å²) in [7, 11) is 0. The molecule has 8 nitrogen and oxygen atoms in total. The lowest BCUT2D eigenvalue weighted by Crippen LogP contribution is -2.42. The van der Waals surface area contributed by atoms with Crippen molar-refractivity contribution in [1.29, 1.82) is 0 Å². The van der Waals surface area contributed by atoms with Gasteiger partial charge < -0.3 is 20.6 Å². The second kappa shape index (κ2) is 12.1. The van der Waals surface area contributed by atoms with Crippen molar-refractivity contribution in [2.45, 2.75) is 39.2 Å². The lowest BCUT2D eigenvalue weighted by Gasteiger charge is -2.19. The summed E-state index contributed by atoms with van der Waals surface area (Å²) >= 11 is 6.13. The Kier molecular flexibility index (Phi) is 8.63. The van der Waals surface area contributed by atoms with E-state index in [0.717, 1.165) is 22.6 Å². The van der Waals surface area contributed by atoms with Gasteiger partial charge in [-0.2, -0.15) is 0 Å². The fraction of sp³-hybridized carbons (Fsp3) is 0.310. The molecule has 198 valence electrons. The van der Waals surface area contributed by atoms with Crippen LogP contribution in [0.1, 0.15) is 40.4 Å². The third-order valence-electron chi connectivity index (χ3n) is 6.72. The number of nitrogens with zero attached hydrogens (tertiary/aromatic N) is 2. The highest BCUT2D eigenvalue weighted by Gasteiger charge is 2.30. The van der Waals surface area contributed by atoms with Crippen LogP contribution in [-0.2, 0) is 22.4 Å². The zero-order chi connectivity index (χ0) is 27.2. The third-order valence-corrected chi connectivity index (χ3v) is 6.94. The molecule has 1 aromatic heterocycles. The van der Waals surface area contributed by atoms with Crippen LogP contribution in [0, 0.1) is 12.8 Å². The second-order valence-electron chi connectivity index (χ2n) is 9.52. The predicted molar refractivity (Wildman–Crippen MR) is 148 cm³/mol. The molecule has 1 aliphatic rings. The van der Waals surface area contributed by atoms with Crippen molar-refractivity contribution in [3.05, 3.63) is 88.1 Å². The van der Waals surface area contributed by atoms with E-state index in [4.69, 9.17) is 11.6 Å². The number of rotatable bonds is 10. The van der Waals surface area contributed by atoms with E-state index in [2.05, 4.69) is 15.6 Å². The Labute approximate surface area is 227 Å². The Morgan fingerprint density at radius 1 is 1.18 bits per heavy atom. The first-order chi connectivity index (χ1) is 18.2. The molecule has 2 heterocycles. The van der Waals surface area contributed by atoms with Crippen LogP contribution in [0.5, 0.6) is 0 Å². The van der Waals surface area contributed by atoms with Crippen LogP contribution in [-0.4, -0.2) is 47.0 Å². The minimum Gasteiger partial charge on any atom is -0.480 e. The molecule has 2 aromatic carbocycles.